The molecule has 0 aliphatic rings. The summed E-state index contributed by atoms with van der Waals surface area (Å²) in [7, 11) is 0. The molecule has 0 saturated heterocycles. The first-order valence-corrected chi connectivity index (χ1v) is 16.6. The lowest BCUT2D eigenvalue weighted by Gasteiger charge is -2.05. The van der Waals surface area contributed by atoms with Gasteiger partial charge in [-0.1, -0.05) is 161 Å². The second-order valence-corrected chi connectivity index (χ2v) is 11.2. The van der Waals surface area contributed by atoms with Crippen molar-refractivity contribution in [1.82, 2.24) is 0 Å². The van der Waals surface area contributed by atoms with Gasteiger partial charge in [-0.3, -0.25) is 4.79 Å². The van der Waals surface area contributed by atoms with Crippen LogP contribution in [0.2, 0.25) is 0 Å². The minimum absolute atomic E-state index is 0.0203. The standard InChI is InChI=1S/C34H66O2/c1-3-5-7-9-11-13-15-16-17-18-19-20-21-22-23-24-26-28-30-32-34(35)36-33-31-29-27-25-14-12-10-8-6-4-2/h16-17H,3-15,18-33H2,1-2H3/b17-16-. The topological polar surface area (TPSA) is 26.3 Å². The highest BCUT2D eigenvalue weighted by Crippen LogP contribution is 2.13. The average Bonchev–Trinajstić information content (AvgIpc) is 2.88. The maximum atomic E-state index is 11.9. The Balaban J connectivity index is 3.18. The first kappa shape index (κ1) is 35.2. The van der Waals surface area contributed by atoms with Gasteiger partial charge in [0, 0.05) is 6.42 Å². The summed E-state index contributed by atoms with van der Waals surface area (Å²) in [5, 5.41) is 0. The molecule has 0 aromatic carbocycles. The maximum absolute atomic E-state index is 11.9. The normalized spacial score (nSPS) is 11.5. The Morgan fingerprint density at radius 3 is 1.19 bits per heavy atom. The van der Waals surface area contributed by atoms with Crippen molar-refractivity contribution in [3.05, 3.63) is 12.2 Å². The molecule has 2 heteroatoms. The molecule has 0 N–H and O–H groups in total. The number of ether oxygens (including phenoxy) is 1. The molecule has 2 nitrogen and oxygen atoms in total. The van der Waals surface area contributed by atoms with Gasteiger partial charge in [0.25, 0.3) is 0 Å². The summed E-state index contributed by atoms with van der Waals surface area (Å²) in [6.07, 6.45) is 41.2. The molecule has 0 fully saturated rings. The van der Waals surface area contributed by atoms with E-state index in [-0.39, 0.29) is 5.97 Å². The quantitative estimate of drug-likeness (QED) is 0.0550. The van der Waals surface area contributed by atoms with Crippen molar-refractivity contribution in [3.63, 3.8) is 0 Å². The van der Waals surface area contributed by atoms with E-state index in [1.807, 2.05) is 0 Å². The van der Waals surface area contributed by atoms with E-state index in [4.69, 9.17) is 4.74 Å². The Labute approximate surface area is 227 Å². The molecule has 0 unspecified atom stereocenters. The van der Waals surface area contributed by atoms with Crippen LogP contribution in [0.3, 0.4) is 0 Å². The van der Waals surface area contributed by atoms with Gasteiger partial charge in [0.2, 0.25) is 0 Å². The van der Waals surface area contributed by atoms with Gasteiger partial charge in [-0.2, -0.15) is 0 Å². The van der Waals surface area contributed by atoms with E-state index >= 15 is 0 Å². The van der Waals surface area contributed by atoms with E-state index in [2.05, 4.69) is 26.0 Å². The van der Waals surface area contributed by atoms with Gasteiger partial charge in [-0.05, 0) is 38.5 Å². The van der Waals surface area contributed by atoms with Gasteiger partial charge in [0.05, 0.1) is 6.61 Å². The van der Waals surface area contributed by atoms with Crippen LogP contribution in [0.1, 0.15) is 194 Å². The molecule has 0 spiro atoms. The van der Waals surface area contributed by atoms with Crippen LogP contribution in [0.4, 0.5) is 0 Å². The molecule has 214 valence electrons. The molecule has 0 amide bonds. The van der Waals surface area contributed by atoms with Crippen LogP contribution in [-0.2, 0) is 9.53 Å². The Morgan fingerprint density at radius 2 is 0.778 bits per heavy atom. The first-order valence-electron chi connectivity index (χ1n) is 16.6. The molecule has 0 heterocycles. The zero-order valence-corrected chi connectivity index (χ0v) is 25.0. The van der Waals surface area contributed by atoms with Crippen LogP contribution in [0.15, 0.2) is 12.2 Å². The van der Waals surface area contributed by atoms with Crippen molar-refractivity contribution in [3.8, 4) is 0 Å². The van der Waals surface area contributed by atoms with Gasteiger partial charge < -0.3 is 4.74 Å². The lowest BCUT2D eigenvalue weighted by atomic mass is 10.1. The SMILES string of the molecule is CCCCCCCC/C=C\CCCCCCCCCCCC(=O)OCCCCCCCCCCCC. The van der Waals surface area contributed by atoms with E-state index in [1.165, 1.54) is 161 Å². The number of rotatable bonds is 30. The third kappa shape index (κ3) is 31.2. The molecule has 0 radical (unpaired) electrons. The molecule has 36 heavy (non-hydrogen) atoms. The van der Waals surface area contributed by atoms with Crippen molar-refractivity contribution in [2.75, 3.05) is 6.61 Å². The van der Waals surface area contributed by atoms with E-state index in [1.54, 1.807) is 0 Å². The largest absolute Gasteiger partial charge is 0.466 e. The van der Waals surface area contributed by atoms with Crippen LogP contribution in [0.5, 0.6) is 0 Å². The monoisotopic (exact) mass is 507 g/mol. The lowest BCUT2D eigenvalue weighted by Crippen LogP contribution is -2.05. The number of carbonyl (C=O) groups is 1. The van der Waals surface area contributed by atoms with Gasteiger partial charge in [0.15, 0.2) is 0 Å². The highest BCUT2D eigenvalue weighted by molar-refractivity contribution is 5.69. The molecule has 0 rings (SSSR count). The third-order valence-corrected chi connectivity index (χ3v) is 7.40. The summed E-state index contributed by atoms with van der Waals surface area (Å²) >= 11 is 0. The van der Waals surface area contributed by atoms with Crippen LogP contribution in [-0.4, -0.2) is 12.6 Å². The van der Waals surface area contributed by atoms with Gasteiger partial charge in [0.1, 0.15) is 0 Å². The summed E-state index contributed by atoms with van der Waals surface area (Å²) < 4.78 is 5.41. The van der Waals surface area contributed by atoms with Crippen LogP contribution in [0, 0.1) is 0 Å². The van der Waals surface area contributed by atoms with E-state index in [0.29, 0.717) is 13.0 Å². The zero-order chi connectivity index (χ0) is 26.2. The van der Waals surface area contributed by atoms with E-state index in [9.17, 15) is 4.79 Å². The maximum Gasteiger partial charge on any atom is 0.305 e. The number of allylic oxidation sites excluding steroid dienone is 2. The molecule has 0 aromatic heterocycles. The molecule has 0 atom stereocenters. The second-order valence-electron chi connectivity index (χ2n) is 11.2. The highest BCUT2D eigenvalue weighted by atomic mass is 16.5. The summed E-state index contributed by atoms with van der Waals surface area (Å²) in [4.78, 5) is 11.9. The lowest BCUT2D eigenvalue weighted by molar-refractivity contribution is -0.143. The molecule has 0 saturated carbocycles. The number of unbranched alkanes of at least 4 members (excludes halogenated alkanes) is 24. The van der Waals surface area contributed by atoms with Gasteiger partial charge >= 0.3 is 5.97 Å². The van der Waals surface area contributed by atoms with Crippen LogP contribution >= 0.6 is 0 Å². The smallest absolute Gasteiger partial charge is 0.305 e. The minimum atomic E-state index is 0.0203. The summed E-state index contributed by atoms with van der Waals surface area (Å²) in [5.74, 6) is 0.0203. The van der Waals surface area contributed by atoms with Crippen molar-refractivity contribution in [2.24, 2.45) is 0 Å². The number of hydrogen-bond donors (Lipinski definition) is 0. The van der Waals surface area contributed by atoms with Crippen molar-refractivity contribution < 1.29 is 9.53 Å². The summed E-state index contributed by atoms with van der Waals surface area (Å²) in [6.45, 7) is 5.18. The third-order valence-electron chi connectivity index (χ3n) is 7.40. The van der Waals surface area contributed by atoms with Crippen molar-refractivity contribution in [2.45, 2.75) is 194 Å². The average molecular weight is 507 g/mol. The van der Waals surface area contributed by atoms with Gasteiger partial charge in [-0.25, -0.2) is 0 Å². The fourth-order valence-corrected chi connectivity index (χ4v) is 4.89. The van der Waals surface area contributed by atoms with Crippen molar-refractivity contribution in [1.29, 1.82) is 0 Å². The van der Waals surface area contributed by atoms with E-state index in [0.717, 1.165) is 12.8 Å². The summed E-state index contributed by atoms with van der Waals surface area (Å²) in [5.41, 5.74) is 0. The Bertz CT molecular complexity index is 442. The first-order chi connectivity index (χ1) is 17.8. The Hall–Kier alpha value is -0.790. The predicted octanol–water partition coefficient (Wildman–Crippen LogP) is 12.0. The number of esters is 1. The minimum Gasteiger partial charge on any atom is -0.466 e. The predicted molar refractivity (Wildman–Crippen MR) is 161 cm³/mol. The number of hydrogen-bond acceptors (Lipinski definition) is 2. The zero-order valence-electron chi connectivity index (χ0n) is 25.0. The van der Waals surface area contributed by atoms with Crippen LogP contribution < -0.4 is 0 Å². The number of carbonyl (C=O) groups excluding carboxylic acids is 1. The second kappa shape index (κ2) is 32.2. The van der Waals surface area contributed by atoms with Crippen LogP contribution in [0.25, 0.3) is 0 Å². The highest BCUT2D eigenvalue weighted by Gasteiger charge is 2.02. The molecule has 0 aromatic rings. The summed E-state index contributed by atoms with van der Waals surface area (Å²) in [6, 6.07) is 0. The molecule has 0 aliphatic heterocycles. The fraction of sp³-hybridized carbons (Fsp3) is 0.912. The molecular weight excluding hydrogens is 440 g/mol. The molecule has 0 bridgehead atoms. The van der Waals surface area contributed by atoms with Gasteiger partial charge in [-0.15, -0.1) is 0 Å². The fourth-order valence-electron chi connectivity index (χ4n) is 4.89. The van der Waals surface area contributed by atoms with Crippen molar-refractivity contribution >= 4 is 5.97 Å². The molecular formula is C34H66O2. The Kier molecular flexibility index (Phi) is 31.5. The van der Waals surface area contributed by atoms with E-state index < -0.39 is 0 Å². The Morgan fingerprint density at radius 1 is 0.444 bits per heavy atom. The molecule has 0 aliphatic carbocycles.